The van der Waals surface area contributed by atoms with Crippen molar-refractivity contribution >= 4 is 17.3 Å². The van der Waals surface area contributed by atoms with E-state index in [0.29, 0.717) is 24.5 Å². The van der Waals surface area contributed by atoms with Crippen LogP contribution in [0.3, 0.4) is 0 Å². The standard InChI is InChI=1S/C28H33F2N5O4/c1-5-16-13-35(14-20(31)27(16)36)23-8-9-32-12-22(23)34-28(37)21-7-6-18(29)26(33-21)25-19(30)10-17(39-15(2)3)11-24(25)38-4/h6-12,15-16,20,27,36H,5,13-14,31H2,1-4H3,(H,34,37). The molecule has 0 aliphatic carbocycles. The van der Waals surface area contributed by atoms with Crippen molar-refractivity contribution in [3.05, 3.63) is 60.1 Å². The number of anilines is 2. The highest BCUT2D eigenvalue weighted by Gasteiger charge is 2.33. The van der Waals surface area contributed by atoms with E-state index in [4.69, 9.17) is 15.2 Å². The van der Waals surface area contributed by atoms with Crippen LogP contribution in [-0.2, 0) is 0 Å². The third-order valence-corrected chi connectivity index (χ3v) is 6.65. The first-order valence-electron chi connectivity index (χ1n) is 12.8. The number of benzene rings is 1. The number of hydrogen-bond acceptors (Lipinski definition) is 8. The molecule has 0 radical (unpaired) electrons. The van der Waals surface area contributed by atoms with Crippen LogP contribution in [0.5, 0.6) is 11.5 Å². The van der Waals surface area contributed by atoms with E-state index in [1.807, 2.05) is 11.8 Å². The summed E-state index contributed by atoms with van der Waals surface area (Å²) in [6, 6.07) is 6.12. The number of ether oxygens (including phenoxy) is 2. The van der Waals surface area contributed by atoms with E-state index in [9.17, 15) is 14.3 Å². The van der Waals surface area contributed by atoms with Gasteiger partial charge in [0.05, 0.1) is 42.5 Å². The molecule has 1 amide bonds. The molecular formula is C28H33F2N5O4. The number of methoxy groups -OCH3 is 1. The maximum atomic E-state index is 15.2. The van der Waals surface area contributed by atoms with E-state index in [0.717, 1.165) is 18.6 Å². The molecular weight excluding hydrogens is 508 g/mol. The molecule has 3 heterocycles. The van der Waals surface area contributed by atoms with Gasteiger partial charge in [0.25, 0.3) is 5.91 Å². The Hall–Kier alpha value is -3.83. The summed E-state index contributed by atoms with van der Waals surface area (Å²) >= 11 is 0. The maximum Gasteiger partial charge on any atom is 0.274 e. The van der Waals surface area contributed by atoms with Gasteiger partial charge in [0, 0.05) is 43.4 Å². The van der Waals surface area contributed by atoms with Gasteiger partial charge in [0.1, 0.15) is 34.5 Å². The largest absolute Gasteiger partial charge is 0.496 e. The number of halogens is 2. The predicted molar refractivity (Wildman–Crippen MR) is 144 cm³/mol. The van der Waals surface area contributed by atoms with Crippen LogP contribution in [0.4, 0.5) is 20.2 Å². The first kappa shape index (κ1) is 28.2. The van der Waals surface area contributed by atoms with Crippen LogP contribution < -0.4 is 25.4 Å². The van der Waals surface area contributed by atoms with Crippen molar-refractivity contribution in [1.29, 1.82) is 0 Å². The van der Waals surface area contributed by atoms with E-state index in [1.54, 1.807) is 26.1 Å². The van der Waals surface area contributed by atoms with Crippen molar-refractivity contribution in [3.8, 4) is 22.8 Å². The fourth-order valence-electron chi connectivity index (χ4n) is 4.72. The molecule has 4 N–H and O–H groups in total. The van der Waals surface area contributed by atoms with Crippen LogP contribution in [0, 0.1) is 17.6 Å². The van der Waals surface area contributed by atoms with Gasteiger partial charge in [-0.25, -0.2) is 13.8 Å². The van der Waals surface area contributed by atoms with E-state index in [2.05, 4.69) is 15.3 Å². The first-order chi connectivity index (χ1) is 18.6. The van der Waals surface area contributed by atoms with Crippen molar-refractivity contribution in [1.82, 2.24) is 9.97 Å². The molecule has 1 aliphatic heterocycles. The number of rotatable bonds is 8. The smallest absolute Gasteiger partial charge is 0.274 e. The van der Waals surface area contributed by atoms with Crippen molar-refractivity contribution in [2.45, 2.75) is 45.4 Å². The number of carbonyl (C=O) groups is 1. The Morgan fingerprint density at radius 1 is 1.23 bits per heavy atom. The Kier molecular flexibility index (Phi) is 8.61. The number of aromatic nitrogens is 2. The van der Waals surface area contributed by atoms with Crippen LogP contribution in [0.25, 0.3) is 11.3 Å². The van der Waals surface area contributed by atoms with Crippen LogP contribution in [0.2, 0.25) is 0 Å². The van der Waals surface area contributed by atoms with Crippen LogP contribution >= 0.6 is 0 Å². The highest BCUT2D eigenvalue weighted by Crippen LogP contribution is 2.37. The van der Waals surface area contributed by atoms with Crippen LogP contribution in [-0.4, -0.2) is 59.4 Å². The SMILES string of the molecule is CCC1CN(c2ccncc2NC(=O)c2ccc(F)c(-c3c(F)cc(OC(C)C)cc3OC)n2)CC(N)C1O. The summed E-state index contributed by atoms with van der Waals surface area (Å²) in [5.41, 5.74) is 6.51. The molecule has 1 fully saturated rings. The lowest BCUT2D eigenvalue weighted by Gasteiger charge is -2.41. The lowest BCUT2D eigenvalue weighted by atomic mass is 9.89. The van der Waals surface area contributed by atoms with Crippen molar-refractivity contribution in [3.63, 3.8) is 0 Å². The Balaban J connectivity index is 1.64. The molecule has 1 aliphatic rings. The van der Waals surface area contributed by atoms with Crippen LogP contribution in [0.15, 0.2) is 42.7 Å². The molecule has 3 aromatic rings. The number of amides is 1. The summed E-state index contributed by atoms with van der Waals surface area (Å²) in [4.78, 5) is 23.5. The zero-order valence-electron chi connectivity index (χ0n) is 22.3. The molecule has 2 aromatic heterocycles. The second-order valence-electron chi connectivity index (χ2n) is 9.75. The van der Waals surface area contributed by atoms with E-state index >= 15 is 4.39 Å². The third-order valence-electron chi connectivity index (χ3n) is 6.65. The first-order valence-corrected chi connectivity index (χ1v) is 12.8. The second-order valence-corrected chi connectivity index (χ2v) is 9.75. The molecule has 0 spiro atoms. The maximum absolute atomic E-state index is 15.2. The van der Waals surface area contributed by atoms with Gasteiger partial charge in [-0.15, -0.1) is 0 Å². The summed E-state index contributed by atoms with van der Waals surface area (Å²) in [5, 5.41) is 13.2. The number of aliphatic hydroxyl groups excluding tert-OH is 1. The zero-order chi connectivity index (χ0) is 28.3. The summed E-state index contributed by atoms with van der Waals surface area (Å²) in [7, 11) is 1.32. The molecule has 3 unspecified atom stereocenters. The number of nitrogens with two attached hydrogens (primary N) is 1. The molecule has 1 aromatic carbocycles. The number of carbonyl (C=O) groups excluding carboxylic acids is 1. The minimum Gasteiger partial charge on any atom is -0.496 e. The van der Waals surface area contributed by atoms with Gasteiger partial charge in [-0.05, 0) is 38.5 Å². The number of pyridine rings is 2. The molecule has 208 valence electrons. The normalized spacial score (nSPS) is 19.2. The number of hydrogen-bond donors (Lipinski definition) is 3. The Morgan fingerprint density at radius 2 is 2.00 bits per heavy atom. The summed E-state index contributed by atoms with van der Waals surface area (Å²) in [6.07, 6.45) is 3.00. The summed E-state index contributed by atoms with van der Waals surface area (Å²) in [6.45, 7) is 6.51. The molecule has 0 saturated carbocycles. The minimum absolute atomic E-state index is 0.0123. The predicted octanol–water partition coefficient (Wildman–Crippen LogP) is 4.00. The summed E-state index contributed by atoms with van der Waals surface area (Å²) < 4.78 is 40.9. The molecule has 3 atom stereocenters. The lowest BCUT2D eigenvalue weighted by Crippen LogP contribution is -2.56. The molecule has 1 saturated heterocycles. The van der Waals surface area contributed by atoms with Crippen molar-refractivity contribution < 1.29 is 28.2 Å². The van der Waals surface area contributed by atoms with E-state index < -0.39 is 29.7 Å². The van der Waals surface area contributed by atoms with Crippen molar-refractivity contribution in [2.24, 2.45) is 11.7 Å². The highest BCUT2D eigenvalue weighted by atomic mass is 19.1. The average Bonchev–Trinajstić information content (AvgIpc) is 2.90. The Labute approximate surface area is 226 Å². The van der Waals surface area contributed by atoms with Gasteiger partial charge in [0.15, 0.2) is 0 Å². The monoisotopic (exact) mass is 541 g/mol. The third kappa shape index (κ3) is 6.10. The lowest BCUT2D eigenvalue weighted by molar-refractivity contribution is 0.0682. The van der Waals surface area contributed by atoms with Crippen LogP contribution in [0.1, 0.15) is 37.7 Å². The minimum atomic E-state index is -0.824. The molecule has 4 rings (SSSR count). The van der Waals surface area contributed by atoms with Gasteiger partial charge in [-0.1, -0.05) is 6.92 Å². The number of aliphatic hydroxyl groups is 1. The number of nitrogens with one attached hydrogen (secondary N) is 1. The van der Waals surface area contributed by atoms with E-state index in [1.165, 1.54) is 25.4 Å². The number of piperidine rings is 1. The van der Waals surface area contributed by atoms with Gasteiger partial charge < -0.3 is 30.5 Å². The van der Waals surface area contributed by atoms with Crippen molar-refractivity contribution in [2.75, 3.05) is 30.4 Å². The quantitative estimate of drug-likeness (QED) is 0.391. The fraction of sp³-hybridized carbons (Fsp3) is 0.393. The van der Waals surface area contributed by atoms with Gasteiger partial charge in [0.2, 0.25) is 0 Å². The molecule has 11 heteroatoms. The Morgan fingerprint density at radius 3 is 2.69 bits per heavy atom. The van der Waals surface area contributed by atoms with Gasteiger partial charge in [-0.2, -0.15) is 0 Å². The van der Waals surface area contributed by atoms with Gasteiger partial charge in [-0.3, -0.25) is 9.78 Å². The topological polar surface area (TPSA) is 123 Å². The number of nitrogens with zero attached hydrogens (tertiary/aromatic N) is 3. The Bertz CT molecular complexity index is 1340. The highest BCUT2D eigenvalue weighted by molar-refractivity contribution is 6.05. The summed E-state index contributed by atoms with van der Waals surface area (Å²) in [5.74, 6) is -2.07. The second kappa shape index (κ2) is 11.9. The zero-order valence-corrected chi connectivity index (χ0v) is 22.3. The molecule has 0 bridgehead atoms. The fourth-order valence-corrected chi connectivity index (χ4v) is 4.72. The molecule has 39 heavy (non-hydrogen) atoms. The average molecular weight is 542 g/mol. The van der Waals surface area contributed by atoms with E-state index in [-0.39, 0.29) is 40.5 Å². The van der Waals surface area contributed by atoms with Gasteiger partial charge >= 0.3 is 0 Å². The molecule has 9 nitrogen and oxygen atoms in total.